The maximum absolute atomic E-state index is 10.9. The highest BCUT2D eigenvalue weighted by Crippen LogP contribution is 2.23. The number of rotatable bonds is 0. The third kappa shape index (κ3) is 0.998. The van der Waals surface area contributed by atoms with E-state index in [1.54, 1.807) is 12.3 Å². The summed E-state index contributed by atoms with van der Waals surface area (Å²) in [6.45, 7) is 0. The molecule has 0 aromatic carbocycles. The number of aromatic nitrogens is 1. The lowest BCUT2D eigenvalue weighted by Gasteiger charge is -2.22. The van der Waals surface area contributed by atoms with Crippen LogP contribution in [0.25, 0.3) is 0 Å². The predicted molar refractivity (Wildman–Crippen MR) is 42.5 cm³/mol. The second-order valence-corrected chi connectivity index (χ2v) is 2.46. The average molecular weight is 165 g/mol. The third-order valence-corrected chi connectivity index (χ3v) is 1.62. The maximum atomic E-state index is 10.9. The van der Waals surface area contributed by atoms with Gasteiger partial charge >= 0.3 is 0 Å². The summed E-state index contributed by atoms with van der Waals surface area (Å²) in [5, 5.41) is 14.2. The Morgan fingerprint density at radius 3 is 3.17 bits per heavy atom. The molecular weight excluding hydrogens is 158 g/mol. The number of anilines is 2. The molecule has 1 aliphatic rings. The van der Waals surface area contributed by atoms with Gasteiger partial charge in [-0.3, -0.25) is 9.78 Å². The molecule has 2 rings (SSSR count). The van der Waals surface area contributed by atoms with Crippen LogP contribution >= 0.6 is 0 Å². The Morgan fingerprint density at radius 2 is 2.33 bits per heavy atom. The van der Waals surface area contributed by atoms with Gasteiger partial charge in [-0.15, -0.1) is 0 Å². The fourth-order valence-corrected chi connectivity index (χ4v) is 1.03. The number of nitrogens with one attached hydrogen (secondary N) is 2. The molecule has 0 spiro atoms. The fourth-order valence-electron chi connectivity index (χ4n) is 1.03. The summed E-state index contributed by atoms with van der Waals surface area (Å²) in [6.07, 6.45) is 1.93. The van der Waals surface area contributed by atoms with Crippen molar-refractivity contribution in [2.45, 2.75) is 6.23 Å². The van der Waals surface area contributed by atoms with Crippen LogP contribution < -0.4 is 10.6 Å². The van der Waals surface area contributed by atoms with Crippen molar-refractivity contribution >= 4 is 17.3 Å². The van der Waals surface area contributed by atoms with E-state index in [1.165, 1.54) is 6.20 Å². The Balaban J connectivity index is 2.40. The van der Waals surface area contributed by atoms with Crippen LogP contribution in [0.15, 0.2) is 18.5 Å². The van der Waals surface area contributed by atoms with Crippen molar-refractivity contribution in [3.05, 3.63) is 18.5 Å². The SMILES string of the molecule is O=C1Nc2cnccc2NC1O. The first-order valence-corrected chi connectivity index (χ1v) is 3.47. The van der Waals surface area contributed by atoms with E-state index in [1.807, 2.05) is 0 Å². The van der Waals surface area contributed by atoms with Crippen LogP contribution in [-0.2, 0) is 4.79 Å². The first-order chi connectivity index (χ1) is 5.77. The summed E-state index contributed by atoms with van der Waals surface area (Å²) in [6, 6.07) is 1.68. The van der Waals surface area contributed by atoms with Gasteiger partial charge in [0.1, 0.15) is 0 Å². The van der Waals surface area contributed by atoms with Gasteiger partial charge in [0, 0.05) is 6.20 Å². The number of fused-ring (bicyclic) bond motifs is 1. The van der Waals surface area contributed by atoms with Crippen LogP contribution in [0.2, 0.25) is 0 Å². The van der Waals surface area contributed by atoms with Crippen molar-refractivity contribution in [1.29, 1.82) is 0 Å². The molecule has 3 N–H and O–H groups in total. The van der Waals surface area contributed by atoms with Gasteiger partial charge in [0.15, 0.2) is 0 Å². The van der Waals surface area contributed by atoms with Gasteiger partial charge in [-0.1, -0.05) is 0 Å². The van der Waals surface area contributed by atoms with Crippen LogP contribution in [0.4, 0.5) is 11.4 Å². The highest BCUT2D eigenvalue weighted by molar-refractivity contribution is 6.01. The molecule has 1 amide bonds. The Bertz CT molecular complexity index is 326. The Morgan fingerprint density at radius 1 is 1.50 bits per heavy atom. The van der Waals surface area contributed by atoms with Gasteiger partial charge in [0.05, 0.1) is 17.6 Å². The number of amides is 1. The van der Waals surface area contributed by atoms with Crippen molar-refractivity contribution in [3.63, 3.8) is 0 Å². The van der Waals surface area contributed by atoms with E-state index in [-0.39, 0.29) is 0 Å². The summed E-state index contributed by atoms with van der Waals surface area (Å²) in [5.74, 6) is -0.462. The molecule has 0 saturated heterocycles. The molecule has 0 bridgehead atoms. The molecule has 1 atom stereocenters. The van der Waals surface area contributed by atoms with Crippen molar-refractivity contribution in [3.8, 4) is 0 Å². The molecule has 1 aromatic heterocycles. The molecule has 5 heteroatoms. The predicted octanol–water partition coefficient (Wildman–Crippen LogP) is -0.236. The van der Waals surface area contributed by atoms with Gasteiger partial charge in [-0.25, -0.2) is 0 Å². The van der Waals surface area contributed by atoms with Crippen LogP contribution in [0.5, 0.6) is 0 Å². The number of carbonyl (C=O) groups excluding carboxylic acids is 1. The topological polar surface area (TPSA) is 74.2 Å². The summed E-state index contributed by atoms with van der Waals surface area (Å²) >= 11 is 0. The van der Waals surface area contributed by atoms with E-state index < -0.39 is 12.1 Å². The van der Waals surface area contributed by atoms with Crippen LogP contribution in [0.1, 0.15) is 0 Å². The van der Waals surface area contributed by atoms with E-state index in [0.717, 1.165) is 0 Å². The van der Waals surface area contributed by atoms with Gasteiger partial charge in [-0.05, 0) is 6.07 Å². The minimum atomic E-state index is -1.17. The average Bonchev–Trinajstić information content (AvgIpc) is 2.07. The third-order valence-electron chi connectivity index (χ3n) is 1.62. The number of nitrogens with zero attached hydrogens (tertiary/aromatic N) is 1. The number of aliphatic hydroxyl groups excluding tert-OH is 1. The molecule has 62 valence electrons. The second kappa shape index (κ2) is 2.46. The summed E-state index contributed by atoms with van der Waals surface area (Å²) in [5.41, 5.74) is 1.27. The van der Waals surface area contributed by atoms with Crippen molar-refractivity contribution < 1.29 is 9.90 Å². The molecule has 12 heavy (non-hydrogen) atoms. The van der Waals surface area contributed by atoms with E-state index in [9.17, 15) is 4.79 Å². The summed E-state index contributed by atoms with van der Waals surface area (Å²) in [4.78, 5) is 14.7. The second-order valence-electron chi connectivity index (χ2n) is 2.46. The van der Waals surface area contributed by atoms with E-state index in [2.05, 4.69) is 15.6 Å². The monoisotopic (exact) mass is 165 g/mol. The smallest absolute Gasteiger partial charge is 0.274 e. The standard InChI is InChI=1S/C7H7N3O2/c11-6-7(12)10-5-3-8-2-1-4(5)9-6/h1-3,6,9,11H,(H,10,12). The van der Waals surface area contributed by atoms with Gasteiger partial charge in [-0.2, -0.15) is 0 Å². The van der Waals surface area contributed by atoms with Crippen molar-refractivity contribution in [2.24, 2.45) is 0 Å². The van der Waals surface area contributed by atoms with E-state index in [0.29, 0.717) is 11.4 Å². The first-order valence-electron chi connectivity index (χ1n) is 3.47. The lowest BCUT2D eigenvalue weighted by molar-refractivity contribution is -0.122. The number of pyridine rings is 1. The first kappa shape index (κ1) is 7.05. The minimum absolute atomic E-state index is 0.462. The zero-order valence-electron chi connectivity index (χ0n) is 6.11. The highest BCUT2D eigenvalue weighted by atomic mass is 16.3. The molecule has 2 heterocycles. The van der Waals surface area contributed by atoms with Gasteiger partial charge < -0.3 is 15.7 Å². The Hall–Kier alpha value is -1.62. The quantitative estimate of drug-likeness (QED) is 0.496. The zero-order valence-corrected chi connectivity index (χ0v) is 6.11. The van der Waals surface area contributed by atoms with E-state index >= 15 is 0 Å². The van der Waals surface area contributed by atoms with Crippen molar-refractivity contribution in [1.82, 2.24) is 4.98 Å². The molecule has 0 saturated carbocycles. The van der Waals surface area contributed by atoms with Crippen molar-refractivity contribution in [2.75, 3.05) is 10.6 Å². The molecule has 0 radical (unpaired) electrons. The number of hydrogen-bond donors (Lipinski definition) is 3. The van der Waals surface area contributed by atoms with Crippen LogP contribution in [0, 0.1) is 0 Å². The Labute approximate surface area is 68.4 Å². The number of aliphatic hydroxyl groups is 1. The highest BCUT2D eigenvalue weighted by Gasteiger charge is 2.22. The molecule has 0 fully saturated rings. The lowest BCUT2D eigenvalue weighted by Crippen LogP contribution is -2.38. The molecule has 1 aliphatic heterocycles. The fraction of sp³-hybridized carbons (Fsp3) is 0.143. The van der Waals surface area contributed by atoms with Gasteiger partial charge in [0.2, 0.25) is 6.23 Å². The molecule has 1 unspecified atom stereocenters. The number of hydrogen-bond acceptors (Lipinski definition) is 4. The largest absolute Gasteiger partial charge is 0.366 e. The number of carbonyl (C=O) groups is 1. The zero-order chi connectivity index (χ0) is 8.55. The normalized spacial score (nSPS) is 20.8. The molecule has 1 aromatic rings. The Kier molecular flexibility index (Phi) is 1.44. The molecule has 5 nitrogen and oxygen atoms in total. The van der Waals surface area contributed by atoms with Crippen LogP contribution in [-0.4, -0.2) is 22.2 Å². The van der Waals surface area contributed by atoms with Crippen LogP contribution in [0.3, 0.4) is 0 Å². The van der Waals surface area contributed by atoms with E-state index in [4.69, 9.17) is 5.11 Å². The summed E-state index contributed by atoms with van der Waals surface area (Å²) < 4.78 is 0. The maximum Gasteiger partial charge on any atom is 0.274 e. The summed E-state index contributed by atoms with van der Waals surface area (Å²) in [7, 11) is 0. The minimum Gasteiger partial charge on any atom is -0.366 e. The molecule has 0 aliphatic carbocycles. The van der Waals surface area contributed by atoms with Gasteiger partial charge in [0.25, 0.3) is 5.91 Å². The lowest BCUT2D eigenvalue weighted by atomic mass is 10.2. The molecular formula is C7H7N3O2.